The van der Waals surface area contributed by atoms with Crippen LogP contribution in [-0.4, -0.2) is 25.2 Å². The molecule has 0 aromatic heterocycles. The van der Waals surface area contributed by atoms with E-state index in [2.05, 4.69) is 0 Å². The van der Waals surface area contributed by atoms with Crippen LogP contribution in [0.3, 0.4) is 0 Å². The predicted molar refractivity (Wildman–Crippen MR) is 96.1 cm³/mol. The highest BCUT2D eigenvalue weighted by Gasteiger charge is 2.31. The van der Waals surface area contributed by atoms with E-state index in [-0.39, 0.29) is 26.1 Å². The third-order valence-electron chi connectivity index (χ3n) is 3.52. The van der Waals surface area contributed by atoms with Crippen molar-refractivity contribution >= 4 is 39.2 Å². The largest absolute Gasteiger partial charge is 0.481 e. The number of hydrogen-bond donors (Lipinski definition) is 1. The number of benzene rings is 2. The summed E-state index contributed by atoms with van der Waals surface area (Å²) in [7, 11) is -3.46. The molecule has 2 aromatic rings. The minimum atomic E-state index is -4.63. The zero-order valence-electron chi connectivity index (χ0n) is 13.9. The van der Waals surface area contributed by atoms with E-state index in [0.29, 0.717) is 4.90 Å². The summed E-state index contributed by atoms with van der Waals surface area (Å²) in [4.78, 5) is 11.4. The SMILES string of the molecule is CCS(=O)(=O)c1ccc(Sc2cc(CC(=O)O)cc(C(F)(F)F)c2)c(Cl)c1. The van der Waals surface area contributed by atoms with Crippen molar-refractivity contribution in [1.82, 2.24) is 0 Å². The summed E-state index contributed by atoms with van der Waals surface area (Å²) in [6, 6.07) is 7.00. The van der Waals surface area contributed by atoms with E-state index in [1.807, 2.05) is 0 Å². The smallest absolute Gasteiger partial charge is 0.416 e. The number of halogens is 4. The molecule has 10 heteroatoms. The normalized spacial score (nSPS) is 12.2. The van der Waals surface area contributed by atoms with Gasteiger partial charge in [0, 0.05) is 9.79 Å². The summed E-state index contributed by atoms with van der Waals surface area (Å²) < 4.78 is 63.0. The number of aliphatic carboxylic acids is 1. The van der Waals surface area contributed by atoms with Crippen LogP contribution in [0.4, 0.5) is 13.2 Å². The van der Waals surface area contributed by atoms with Crippen molar-refractivity contribution in [3.8, 4) is 0 Å². The maximum atomic E-state index is 13.1. The highest BCUT2D eigenvalue weighted by atomic mass is 35.5. The molecule has 0 aliphatic heterocycles. The average molecular weight is 439 g/mol. The van der Waals surface area contributed by atoms with Crippen LogP contribution in [0.2, 0.25) is 5.02 Å². The van der Waals surface area contributed by atoms with Gasteiger partial charge in [-0.1, -0.05) is 30.3 Å². The minimum absolute atomic E-state index is 0.00104. The summed E-state index contributed by atoms with van der Waals surface area (Å²) in [6.07, 6.45) is -5.19. The number of rotatable bonds is 6. The lowest BCUT2D eigenvalue weighted by molar-refractivity contribution is -0.139. The zero-order valence-corrected chi connectivity index (χ0v) is 16.3. The van der Waals surface area contributed by atoms with Crippen molar-refractivity contribution in [3.05, 3.63) is 52.5 Å². The van der Waals surface area contributed by atoms with Gasteiger partial charge in [0.2, 0.25) is 0 Å². The Morgan fingerprint density at radius 2 is 1.85 bits per heavy atom. The highest BCUT2D eigenvalue weighted by Crippen LogP contribution is 2.38. The highest BCUT2D eigenvalue weighted by molar-refractivity contribution is 7.99. The van der Waals surface area contributed by atoms with E-state index in [1.54, 1.807) is 0 Å². The first kappa shape index (κ1) is 21.6. The Kier molecular flexibility index (Phi) is 6.49. The third-order valence-corrected chi connectivity index (χ3v) is 6.72. The topological polar surface area (TPSA) is 71.4 Å². The standard InChI is InChI=1S/C17H14ClF3O4S2/c1-2-27(24,25)13-3-4-15(14(18)9-13)26-12-6-10(7-16(22)23)5-11(8-12)17(19,20)21/h3-6,8-9H,2,7H2,1H3,(H,22,23). The quantitative estimate of drug-likeness (QED) is 0.692. The molecule has 0 aliphatic rings. The van der Waals surface area contributed by atoms with Gasteiger partial charge in [-0.05, 0) is 42.0 Å². The Bertz CT molecular complexity index is 973. The number of carboxylic acid groups (broad SMARTS) is 1. The molecular weight excluding hydrogens is 425 g/mol. The van der Waals surface area contributed by atoms with Crippen LogP contribution in [0, 0.1) is 0 Å². The molecule has 0 amide bonds. The van der Waals surface area contributed by atoms with Crippen molar-refractivity contribution in [2.24, 2.45) is 0 Å². The lowest BCUT2D eigenvalue weighted by Gasteiger charge is -2.12. The fourth-order valence-corrected chi connectivity index (χ4v) is 4.42. The van der Waals surface area contributed by atoms with Gasteiger partial charge in [-0.25, -0.2) is 8.42 Å². The number of carboxylic acids is 1. The third kappa shape index (κ3) is 5.63. The fourth-order valence-electron chi connectivity index (χ4n) is 2.21. The first-order chi connectivity index (χ1) is 12.4. The van der Waals surface area contributed by atoms with Crippen molar-refractivity contribution < 1.29 is 31.5 Å². The van der Waals surface area contributed by atoms with Gasteiger partial charge in [0.25, 0.3) is 0 Å². The summed E-state index contributed by atoms with van der Waals surface area (Å²) in [5.74, 6) is -1.36. The number of hydrogen-bond acceptors (Lipinski definition) is 4. The molecule has 0 atom stereocenters. The van der Waals surface area contributed by atoms with Crippen LogP contribution in [0.25, 0.3) is 0 Å². The Morgan fingerprint density at radius 3 is 2.37 bits per heavy atom. The van der Waals surface area contributed by atoms with Gasteiger partial charge in [-0.2, -0.15) is 13.2 Å². The molecule has 27 heavy (non-hydrogen) atoms. The van der Waals surface area contributed by atoms with Crippen LogP contribution in [0.1, 0.15) is 18.1 Å². The van der Waals surface area contributed by atoms with E-state index >= 15 is 0 Å². The van der Waals surface area contributed by atoms with Crippen LogP contribution in [0.15, 0.2) is 51.1 Å². The minimum Gasteiger partial charge on any atom is -0.481 e. The van der Waals surface area contributed by atoms with Gasteiger partial charge in [0.1, 0.15) is 0 Å². The molecule has 0 aliphatic carbocycles. The van der Waals surface area contributed by atoms with E-state index in [0.717, 1.165) is 23.9 Å². The number of carbonyl (C=O) groups is 1. The molecule has 146 valence electrons. The average Bonchev–Trinajstić information content (AvgIpc) is 2.55. The first-order valence-corrected chi connectivity index (χ1v) is 10.4. The molecule has 0 heterocycles. The van der Waals surface area contributed by atoms with Crippen LogP contribution in [0.5, 0.6) is 0 Å². The van der Waals surface area contributed by atoms with E-state index < -0.39 is 34.0 Å². The van der Waals surface area contributed by atoms with E-state index in [9.17, 15) is 26.4 Å². The first-order valence-electron chi connectivity index (χ1n) is 7.55. The second kappa shape index (κ2) is 8.12. The van der Waals surface area contributed by atoms with Crippen molar-refractivity contribution in [3.63, 3.8) is 0 Å². The maximum Gasteiger partial charge on any atom is 0.416 e. The molecule has 4 nitrogen and oxygen atoms in total. The van der Waals surface area contributed by atoms with Crippen LogP contribution in [-0.2, 0) is 27.2 Å². The molecule has 0 bridgehead atoms. The van der Waals surface area contributed by atoms with Gasteiger partial charge >= 0.3 is 12.1 Å². The second-order valence-corrected chi connectivity index (χ2v) is 9.33. The predicted octanol–water partition coefficient (Wildman–Crippen LogP) is 4.93. The number of alkyl halides is 3. The number of sulfone groups is 1. The van der Waals surface area contributed by atoms with Gasteiger partial charge in [-0.3, -0.25) is 4.79 Å². The Balaban J connectivity index is 2.43. The lowest BCUT2D eigenvalue weighted by atomic mass is 10.1. The van der Waals surface area contributed by atoms with Crippen LogP contribution < -0.4 is 0 Å². The summed E-state index contributed by atoms with van der Waals surface area (Å²) in [5, 5.41) is 8.93. The summed E-state index contributed by atoms with van der Waals surface area (Å²) in [6.45, 7) is 1.48. The van der Waals surface area contributed by atoms with Crippen molar-refractivity contribution in [2.75, 3.05) is 5.75 Å². The van der Waals surface area contributed by atoms with Gasteiger partial charge in [0.05, 0.1) is 27.7 Å². The molecule has 0 fully saturated rings. The summed E-state index contributed by atoms with van der Waals surface area (Å²) >= 11 is 6.99. The Labute approximate surface area is 163 Å². The van der Waals surface area contributed by atoms with Gasteiger partial charge in [0.15, 0.2) is 9.84 Å². The van der Waals surface area contributed by atoms with Crippen LogP contribution >= 0.6 is 23.4 Å². The molecule has 0 saturated carbocycles. The molecule has 1 N–H and O–H groups in total. The lowest BCUT2D eigenvalue weighted by Crippen LogP contribution is -2.08. The van der Waals surface area contributed by atoms with E-state index in [1.165, 1.54) is 31.2 Å². The van der Waals surface area contributed by atoms with Gasteiger partial charge < -0.3 is 5.11 Å². The molecular formula is C17H14ClF3O4S2. The molecule has 2 aromatic carbocycles. The van der Waals surface area contributed by atoms with Gasteiger partial charge in [-0.15, -0.1) is 0 Å². The Morgan fingerprint density at radius 1 is 1.19 bits per heavy atom. The molecule has 0 saturated heterocycles. The molecule has 0 radical (unpaired) electrons. The monoisotopic (exact) mass is 438 g/mol. The summed E-state index contributed by atoms with van der Waals surface area (Å²) in [5.41, 5.74) is -0.966. The molecule has 0 unspecified atom stereocenters. The molecule has 2 rings (SSSR count). The fraction of sp³-hybridized carbons (Fsp3) is 0.235. The zero-order chi connectivity index (χ0) is 20.4. The second-order valence-electron chi connectivity index (χ2n) is 5.53. The Hall–Kier alpha value is -1.71. The van der Waals surface area contributed by atoms with Crippen molar-refractivity contribution in [2.45, 2.75) is 34.2 Å². The van der Waals surface area contributed by atoms with Crippen molar-refractivity contribution in [1.29, 1.82) is 0 Å². The molecule has 0 spiro atoms. The van der Waals surface area contributed by atoms with E-state index in [4.69, 9.17) is 16.7 Å². The maximum absolute atomic E-state index is 13.1.